The lowest BCUT2D eigenvalue weighted by Gasteiger charge is -2.34. The highest BCUT2D eigenvalue weighted by molar-refractivity contribution is 6.31. The van der Waals surface area contributed by atoms with E-state index >= 15 is 0 Å². The smallest absolute Gasteiger partial charge is 0.256 e. The van der Waals surface area contributed by atoms with Gasteiger partial charge in [0.05, 0.1) is 5.69 Å². The Balaban J connectivity index is 1.38. The fourth-order valence-corrected chi connectivity index (χ4v) is 5.08. The van der Waals surface area contributed by atoms with Crippen molar-refractivity contribution in [2.75, 3.05) is 43.4 Å². The van der Waals surface area contributed by atoms with Gasteiger partial charge in [-0.25, -0.2) is 15.0 Å². The maximum atomic E-state index is 12.0. The summed E-state index contributed by atoms with van der Waals surface area (Å²) < 4.78 is 2.32. The number of aryl methyl sites for hydroxylation is 1. The van der Waals surface area contributed by atoms with E-state index in [9.17, 15) is 4.79 Å². The number of nitrogens with zero attached hydrogens (tertiary/aromatic N) is 6. The monoisotopic (exact) mass is 494 g/mol. The molecule has 1 amide bonds. The summed E-state index contributed by atoms with van der Waals surface area (Å²) in [7, 11) is 0. The molecule has 0 bridgehead atoms. The average Bonchev–Trinajstić information content (AvgIpc) is 3.24. The Morgan fingerprint density at radius 2 is 1.91 bits per heavy atom. The van der Waals surface area contributed by atoms with E-state index in [-0.39, 0.29) is 11.4 Å². The number of nitrogens with two attached hydrogens (primary N) is 2. The lowest BCUT2D eigenvalue weighted by atomic mass is 9.95. The third-order valence-electron chi connectivity index (χ3n) is 7.14. The molecular formula is C25H31ClN8O. The third-order valence-corrected chi connectivity index (χ3v) is 7.55. The minimum absolute atomic E-state index is 0.118. The summed E-state index contributed by atoms with van der Waals surface area (Å²) in [6, 6.07) is 6.12. The Kier molecular flexibility index (Phi) is 6.62. The van der Waals surface area contributed by atoms with E-state index < -0.39 is 5.91 Å². The van der Waals surface area contributed by atoms with Gasteiger partial charge in [0, 0.05) is 48.9 Å². The van der Waals surface area contributed by atoms with E-state index in [1.807, 2.05) is 19.1 Å². The molecule has 2 saturated heterocycles. The van der Waals surface area contributed by atoms with Crippen LogP contribution in [0.15, 0.2) is 30.7 Å². The molecule has 184 valence electrons. The first-order valence-electron chi connectivity index (χ1n) is 12.1. The van der Waals surface area contributed by atoms with Crippen LogP contribution in [0.5, 0.6) is 0 Å². The van der Waals surface area contributed by atoms with Gasteiger partial charge in [0.1, 0.15) is 29.4 Å². The number of piperidine rings is 1. The normalized spacial score (nSPS) is 16.9. The van der Waals surface area contributed by atoms with Gasteiger partial charge in [-0.15, -0.1) is 0 Å². The maximum absolute atomic E-state index is 12.0. The number of rotatable bonds is 7. The Morgan fingerprint density at radius 3 is 2.57 bits per heavy atom. The first-order chi connectivity index (χ1) is 16.9. The highest BCUT2D eigenvalue weighted by atomic mass is 35.5. The summed E-state index contributed by atoms with van der Waals surface area (Å²) in [5.41, 5.74) is 14.7. The second kappa shape index (κ2) is 9.83. The zero-order valence-electron chi connectivity index (χ0n) is 20.0. The van der Waals surface area contributed by atoms with Crippen molar-refractivity contribution in [1.29, 1.82) is 0 Å². The van der Waals surface area contributed by atoms with Crippen molar-refractivity contribution < 1.29 is 4.79 Å². The number of carbonyl (C=O) groups excluding carboxylic acids is 1. The highest BCUT2D eigenvalue weighted by Crippen LogP contribution is 2.33. The number of halogens is 1. The number of aromatic nitrogens is 4. The van der Waals surface area contributed by atoms with Gasteiger partial charge in [-0.2, -0.15) is 0 Å². The number of anilines is 2. The zero-order valence-corrected chi connectivity index (χ0v) is 20.7. The Labute approximate surface area is 210 Å². The molecule has 2 aliphatic rings. The van der Waals surface area contributed by atoms with Gasteiger partial charge in [0.2, 0.25) is 0 Å². The number of nitrogen functional groups attached to an aromatic ring is 1. The second-order valence-electron chi connectivity index (χ2n) is 9.42. The van der Waals surface area contributed by atoms with Crippen molar-refractivity contribution in [3.63, 3.8) is 0 Å². The predicted octanol–water partition coefficient (Wildman–Crippen LogP) is 3.07. The minimum Gasteiger partial charge on any atom is -0.383 e. The van der Waals surface area contributed by atoms with E-state index in [1.165, 1.54) is 25.8 Å². The Morgan fingerprint density at radius 1 is 1.14 bits per heavy atom. The summed E-state index contributed by atoms with van der Waals surface area (Å²) in [5.74, 6) is 1.43. The summed E-state index contributed by atoms with van der Waals surface area (Å²) >= 11 is 6.41. The van der Waals surface area contributed by atoms with Crippen molar-refractivity contribution in [1.82, 2.24) is 24.4 Å². The number of hydrogen-bond donors (Lipinski definition) is 2. The summed E-state index contributed by atoms with van der Waals surface area (Å²) in [4.78, 5) is 29.9. The summed E-state index contributed by atoms with van der Waals surface area (Å²) in [6.45, 7) is 7.75. The zero-order chi connectivity index (χ0) is 24.5. The number of primary amides is 1. The van der Waals surface area contributed by atoms with Crippen LogP contribution in [0, 0.1) is 6.92 Å². The van der Waals surface area contributed by atoms with Gasteiger partial charge in [-0.1, -0.05) is 23.7 Å². The molecule has 35 heavy (non-hydrogen) atoms. The van der Waals surface area contributed by atoms with E-state index in [1.54, 1.807) is 0 Å². The van der Waals surface area contributed by atoms with Crippen LogP contribution in [0.25, 0.3) is 11.3 Å². The van der Waals surface area contributed by atoms with Gasteiger partial charge in [-0.05, 0) is 50.9 Å². The van der Waals surface area contributed by atoms with Crippen LogP contribution in [0.4, 0.5) is 11.6 Å². The molecule has 10 heteroatoms. The first kappa shape index (κ1) is 23.6. The fourth-order valence-electron chi connectivity index (χ4n) is 4.90. The van der Waals surface area contributed by atoms with Crippen LogP contribution >= 0.6 is 11.6 Å². The van der Waals surface area contributed by atoms with Crippen LogP contribution in [-0.4, -0.2) is 63.0 Å². The van der Waals surface area contributed by atoms with Crippen molar-refractivity contribution in [2.45, 2.75) is 38.6 Å². The molecule has 2 aliphatic heterocycles. The summed E-state index contributed by atoms with van der Waals surface area (Å²) in [5, 5.41) is 0.752. The molecule has 2 aromatic heterocycles. The van der Waals surface area contributed by atoms with Gasteiger partial charge >= 0.3 is 0 Å². The predicted molar refractivity (Wildman–Crippen MR) is 138 cm³/mol. The number of hydrogen-bond acceptors (Lipinski definition) is 7. The molecule has 4 N–H and O–H groups in total. The van der Waals surface area contributed by atoms with Crippen LogP contribution < -0.4 is 16.4 Å². The molecule has 9 nitrogen and oxygen atoms in total. The topological polar surface area (TPSA) is 119 Å². The Hall–Kier alpha value is -3.17. The standard InChI is InChI=1S/C25H31ClN8O/c1-16-3-4-18(13-19(16)26)20-14-34(12-11-32-7-2-8-32)24(31-20)17-5-9-33(10-6-17)25-21(23(28)35)22(27)29-15-30-25/h3-4,13-15,17H,2,5-12H2,1H3,(H2,28,35)(H2,27,29,30). The van der Waals surface area contributed by atoms with Gasteiger partial charge in [-0.3, -0.25) is 4.79 Å². The van der Waals surface area contributed by atoms with Gasteiger partial charge in [0.25, 0.3) is 5.91 Å². The van der Waals surface area contributed by atoms with Gasteiger partial charge in [0.15, 0.2) is 0 Å². The van der Waals surface area contributed by atoms with Crippen LogP contribution in [0.2, 0.25) is 5.02 Å². The number of carbonyl (C=O) groups is 1. The molecular weight excluding hydrogens is 464 g/mol. The Bertz CT molecular complexity index is 1230. The van der Waals surface area contributed by atoms with Crippen LogP contribution in [0.3, 0.4) is 0 Å². The third kappa shape index (κ3) is 4.83. The molecule has 0 saturated carbocycles. The lowest BCUT2D eigenvalue weighted by Crippen LogP contribution is -2.39. The van der Waals surface area contributed by atoms with E-state index in [4.69, 9.17) is 28.1 Å². The molecule has 4 heterocycles. The van der Waals surface area contributed by atoms with E-state index in [0.717, 1.165) is 66.7 Å². The molecule has 1 aromatic carbocycles. The number of imidazole rings is 1. The summed E-state index contributed by atoms with van der Waals surface area (Å²) in [6.07, 6.45) is 6.60. The quantitative estimate of drug-likeness (QED) is 0.518. The second-order valence-corrected chi connectivity index (χ2v) is 9.83. The molecule has 0 aliphatic carbocycles. The average molecular weight is 495 g/mol. The lowest BCUT2D eigenvalue weighted by molar-refractivity contribution is 0.100. The largest absolute Gasteiger partial charge is 0.383 e. The number of benzene rings is 1. The van der Waals surface area contributed by atoms with Crippen LogP contribution in [0.1, 0.15) is 46.9 Å². The van der Waals surface area contributed by atoms with Crippen molar-refractivity contribution >= 4 is 29.1 Å². The maximum Gasteiger partial charge on any atom is 0.256 e. The highest BCUT2D eigenvalue weighted by Gasteiger charge is 2.29. The van der Waals surface area contributed by atoms with Crippen LogP contribution in [-0.2, 0) is 6.54 Å². The van der Waals surface area contributed by atoms with Crippen molar-refractivity contribution in [3.05, 3.63) is 52.7 Å². The van der Waals surface area contributed by atoms with Gasteiger partial charge < -0.3 is 25.8 Å². The van der Waals surface area contributed by atoms with E-state index in [0.29, 0.717) is 11.7 Å². The van der Waals surface area contributed by atoms with E-state index in [2.05, 4.69) is 36.6 Å². The molecule has 0 unspecified atom stereocenters. The molecule has 3 aromatic rings. The van der Waals surface area contributed by atoms with Crippen molar-refractivity contribution in [3.8, 4) is 11.3 Å². The molecule has 0 atom stereocenters. The first-order valence-corrected chi connectivity index (χ1v) is 12.5. The molecule has 5 rings (SSSR count). The molecule has 0 radical (unpaired) electrons. The fraction of sp³-hybridized carbons (Fsp3) is 0.440. The SMILES string of the molecule is Cc1ccc(-c2cn(CCN3CCC3)c(C3CCN(c4ncnc(N)c4C(N)=O)CC3)n2)cc1Cl. The number of likely N-dealkylation sites (tertiary alicyclic amines) is 1. The molecule has 0 spiro atoms. The molecule has 2 fully saturated rings. The van der Waals surface area contributed by atoms with Crippen molar-refractivity contribution in [2.24, 2.45) is 5.73 Å². The number of amides is 1. The minimum atomic E-state index is -0.608.